The van der Waals surface area contributed by atoms with Crippen LogP contribution in [0.25, 0.3) is 0 Å². The molecule has 0 aliphatic rings. The number of ether oxygens (including phenoxy) is 2. The summed E-state index contributed by atoms with van der Waals surface area (Å²) in [6, 6.07) is 13.7. The molecule has 134 valence electrons. The molecule has 0 radical (unpaired) electrons. The van der Waals surface area contributed by atoms with E-state index in [0.29, 0.717) is 36.5 Å². The highest BCUT2D eigenvalue weighted by Crippen LogP contribution is 2.16. The van der Waals surface area contributed by atoms with Gasteiger partial charge in [0.1, 0.15) is 11.5 Å². The Balaban J connectivity index is 1.80. The Morgan fingerprint density at radius 3 is 2.16 bits per heavy atom. The minimum atomic E-state index is -3.92. The van der Waals surface area contributed by atoms with Gasteiger partial charge in [-0.1, -0.05) is 17.7 Å². The number of hydrogen-bond acceptors (Lipinski definition) is 5. The van der Waals surface area contributed by atoms with Crippen LogP contribution in [-0.4, -0.2) is 31.3 Å². The van der Waals surface area contributed by atoms with Gasteiger partial charge in [-0.2, -0.15) is 8.42 Å². The molecule has 2 rings (SSSR count). The maximum absolute atomic E-state index is 12.1. The lowest BCUT2D eigenvalue weighted by atomic mass is 10.2. The van der Waals surface area contributed by atoms with Crippen LogP contribution in [0.3, 0.4) is 0 Å². The van der Waals surface area contributed by atoms with Crippen molar-refractivity contribution in [3.63, 3.8) is 0 Å². The van der Waals surface area contributed by atoms with Gasteiger partial charge in [0.05, 0.1) is 17.9 Å². The molecule has 0 atom stereocenters. The Bertz CT molecular complexity index is 794. The topological polar surface area (TPSA) is 89.9 Å². The number of carbonyl (C=O) groups is 1. The van der Waals surface area contributed by atoms with Gasteiger partial charge in [-0.15, -0.1) is 0 Å². The van der Waals surface area contributed by atoms with Crippen LogP contribution in [0, 0.1) is 6.92 Å². The van der Waals surface area contributed by atoms with E-state index in [2.05, 4.69) is 0 Å². The second-order valence-electron chi connectivity index (χ2n) is 5.57. The number of hydrogen-bond donors (Lipinski definition) is 1. The van der Waals surface area contributed by atoms with Crippen molar-refractivity contribution in [1.82, 2.24) is 0 Å². The number of esters is 1. The Labute approximate surface area is 147 Å². The number of aryl methyl sites for hydroxylation is 1. The van der Waals surface area contributed by atoms with E-state index < -0.39 is 16.1 Å². The first-order valence-corrected chi connectivity index (χ1v) is 9.41. The van der Waals surface area contributed by atoms with Crippen molar-refractivity contribution in [3.8, 4) is 11.5 Å². The zero-order valence-electron chi connectivity index (χ0n) is 13.8. The van der Waals surface area contributed by atoms with Crippen molar-refractivity contribution in [1.29, 1.82) is 0 Å². The maximum Gasteiger partial charge on any atom is 0.343 e. The predicted molar refractivity (Wildman–Crippen MR) is 93.7 cm³/mol. The van der Waals surface area contributed by atoms with E-state index in [1.165, 1.54) is 0 Å². The number of carbonyl (C=O) groups excluding carboxylic acids is 1. The lowest BCUT2D eigenvalue weighted by Crippen LogP contribution is -2.08. The summed E-state index contributed by atoms with van der Waals surface area (Å²) in [6.07, 6.45) is 0.816. The smallest absolute Gasteiger partial charge is 0.343 e. The SMILES string of the molecule is Cc1ccc(OC(=O)c2ccc(OCCCCS(=O)(=O)O)cc2)cc1. The van der Waals surface area contributed by atoms with Crippen LogP contribution < -0.4 is 9.47 Å². The van der Waals surface area contributed by atoms with Crippen LogP contribution in [-0.2, 0) is 10.1 Å². The average molecular weight is 364 g/mol. The molecule has 0 unspecified atom stereocenters. The fourth-order valence-electron chi connectivity index (χ4n) is 2.04. The van der Waals surface area contributed by atoms with Crippen LogP contribution >= 0.6 is 0 Å². The summed E-state index contributed by atoms with van der Waals surface area (Å²) in [4.78, 5) is 12.1. The first-order chi connectivity index (χ1) is 11.8. The maximum atomic E-state index is 12.1. The van der Waals surface area contributed by atoms with E-state index in [4.69, 9.17) is 14.0 Å². The molecule has 0 aliphatic carbocycles. The highest BCUT2D eigenvalue weighted by atomic mass is 32.2. The summed E-state index contributed by atoms with van der Waals surface area (Å²) in [5.41, 5.74) is 1.48. The lowest BCUT2D eigenvalue weighted by Gasteiger charge is -2.07. The molecule has 0 saturated heterocycles. The summed E-state index contributed by atoms with van der Waals surface area (Å²) in [5.74, 6) is 0.317. The van der Waals surface area contributed by atoms with E-state index in [9.17, 15) is 13.2 Å². The average Bonchev–Trinajstić information content (AvgIpc) is 2.56. The third kappa shape index (κ3) is 6.94. The molecule has 0 bridgehead atoms. The van der Waals surface area contributed by atoms with E-state index in [1.807, 2.05) is 19.1 Å². The zero-order chi connectivity index (χ0) is 18.3. The molecule has 2 aromatic rings. The molecule has 0 fully saturated rings. The summed E-state index contributed by atoms with van der Waals surface area (Å²) in [5, 5.41) is 0. The first-order valence-electron chi connectivity index (χ1n) is 7.80. The van der Waals surface area contributed by atoms with Gasteiger partial charge < -0.3 is 9.47 Å². The van der Waals surface area contributed by atoms with Gasteiger partial charge in [-0.05, 0) is 56.2 Å². The molecule has 0 spiro atoms. The minimum absolute atomic E-state index is 0.278. The van der Waals surface area contributed by atoms with Crippen LogP contribution in [0.15, 0.2) is 48.5 Å². The summed E-state index contributed by atoms with van der Waals surface area (Å²) < 4.78 is 40.5. The zero-order valence-corrected chi connectivity index (χ0v) is 14.7. The number of unbranched alkanes of at least 4 members (excludes halogenated alkanes) is 1. The molecule has 0 amide bonds. The molecule has 25 heavy (non-hydrogen) atoms. The second-order valence-corrected chi connectivity index (χ2v) is 7.14. The van der Waals surface area contributed by atoms with Gasteiger partial charge in [0.2, 0.25) is 0 Å². The molecule has 0 saturated carbocycles. The molecule has 0 heterocycles. The van der Waals surface area contributed by atoms with E-state index in [-0.39, 0.29) is 5.75 Å². The molecule has 0 aliphatic heterocycles. The van der Waals surface area contributed by atoms with Crippen LogP contribution in [0.5, 0.6) is 11.5 Å². The number of benzene rings is 2. The Morgan fingerprint density at radius 1 is 0.960 bits per heavy atom. The van der Waals surface area contributed by atoms with Crippen molar-refractivity contribution < 1.29 is 27.2 Å². The molecule has 6 nitrogen and oxygen atoms in total. The third-order valence-corrected chi connectivity index (χ3v) is 4.19. The quantitative estimate of drug-likeness (QED) is 0.335. The first kappa shape index (κ1) is 19.0. The monoisotopic (exact) mass is 364 g/mol. The minimum Gasteiger partial charge on any atom is -0.494 e. The van der Waals surface area contributed by atoms with Gasteiger partial charge in [0, 0.05) is 0 Å². The summed E-state index contributed by atoms with van der Waals surface area (Å²) >= 11 is 0. The molecule has 1 N–H and O–H groups in total. The fourth-order valence-corrected chi connectivity index (χ4v) is 2.60. The lowest BCUT2D eigenvalue weighted by molar-refractivity contribution is 0.0734. The molecular weight excluding hydrogens is 344 g/mol. The van der Waals surface area contributed by atoms with Crippen molar-refractivity contribution in [2.24, 2.45) is 0 Å². The van der Waals surface area contributed by atoms with Crippen molar-refractivity contribution in [2.75, 3.05) is 12.4 Å². The van der Waals surface area contributed by atoms with Crippen LogP contribution in [0.4, 0.5) is 0 Å². The highest BCUT2D eigenvalue weighted by Gasteiger charge is 2.09. The highest BCUT2D eigenvalue weighted by molar-refractivity contribution is 7.85. The van der Waals surface area contributed by atoms with Gasteiger partial charge >= 0.3 is 5.97 Å². The normalized spacial score (nSPS) is 11.1. The van der Waals surface area contributed by atoms with Crippen molar-refractivity contribution in [2.45, 2.75) is 19.8 Å². The Hall–Kier alpha value is -2.38. The second kappa shape index (κ2) is 8.64. The number of rotatable bonds is 8. The molecule has 2 aromatic carbocycles. The van der Waals surface area contributed by atoms with Gasteiger partial charge in [0.25, 0.3) is 10.1 Å². The summed E-state index contributed by atoms with van der Waals surface area (Å²) in [7, 11) is -3.92. The molecule has 7 heteroatoms. The van der Waals surface area contributed by atoms with E-state index >= 15 is 0 Å². The van der Waals surface area contributed by atoms with Crippen molar-refractivity contribution >= 4 is 16.1 Å². The third-order valence-electron chi connectivity index (χ3n) is 3.39. The summed E-state index contributed by atoms with van der Waals surface area (Å²) in [6.45, 7) is 2.27. The van der Waals surface area contributed by atoms with Gasteiger partial charge in [-0.3, -0.25) is 4.55 Å². The van der Waals surface area contributed by atoms with Crippen LogP contribution in [0.1, 0.15) is 28.8 Å². The van der Waals surface area contributed by atoms with Gasteiger partial charge in [0.15, 0.2) is 0 Å². The molecule has 0 aromatic heterocycles. The largest absolute Gasteiger partial charge is 0.494 e. The van der Waals surface area contributed by atoms with Crippen molar-refractivity contribution in [3.05, 3.63) is 59.7 Å². The van der Waals surface area contributed by atoms with Gasteiger partial charge in [-0.25, -0.2) is 4.79 Å². The Morgan fingerprint density at radius 2 is 1.56 bits per heavy atom. The predicted octanol–water partition coefficient (Wildman–Crippen LogP) is 3.26. The molecular formula is C18H20O6S. The standard InChI is InChI=1S/C18H20O6S/c1-14-4-8-17(9-5-14)24-18(19)15-6-10-16(11-7-15)23-12-2-3-13-25(20,21)22/h4-11H,2-3,12-13H2,1H3,(H,20,21,22). The van der Waals surface area contributed by atoms with E-state index in [0.717, 1.165) is 5.56 Å². The van der Waals surface area contributed by atoms with Crippen LogP contribution in [0.2, 0.25) is 0 Å². The van der Waals surface area contributed by atoms with E-state index in [1.54, 1.807) is 36.4 Å². The Kier molecular flexibility index (Phi) is 6.55. The fraction of sp³-hybridized carbons (Fsp3) is 0.278.